The van der Waals surface area contributed by atoms with E-state index in [1.165, 1.54) is 17.9 Å². The Morgan fingerprint density at radius 2 is 2.26 bits per heavy atom. The van der Waals surface area contributed by atoms with Gasteiger partial charge in [-0.15, -0.1) is 5.10 Å². The lowest BCUT2D eigenvalue weighted by Crippen LogP contribution is -2.41. The topological polar surface area (TPSA) is 81.1 Å². The number of carbonyl (C=O) groups excluding carboxylic acids is 1. The van der Waals surface area contributed by atoms with Crippen molar-refractivity contribution in [2.45, 2.75) is 38.7 Å². The number of aromatic nitrogens is 4. The number of hydrogen-bond donors (Lipinski definition) is 0. The first-order chi connectivity index (χ1) is 11.3. The predicted molar refractivity (Wildman–Crippen MR) is 85.5 cm³/mol. The van der Waals surface area contributed by atoms with Crippen LogP contribution in [0.4, 0.5) is 0 Å². The molecule has 1 amide bonds. The molecule has 1 saturated heterocycles. The summed E-state index contributed by atoms with van der Waals surface area (Å²) < 4.78 is 9.76. The molecule has 1 aliphatic heterocycles. The predicted octanol–water partition coefficient (Wildman–Crippen LogP) is 1.96. The summed E-state index contributed by atoms with van der Waals surface area (Å²) >= 11 is 1.19. The molecular formula is C15H19N5O2S. The molecule has 0 bridgehead atoms. The number of aryl methyl sites for hydroxylation is 1. The van der Waals surface area contributed by atoms with Gasteiger partial charge in [-0.2, -0.15) is 0 Å². The van der Waals surface area contributed by atoms with Crippen molar-refractivity contribution in [3.8, 4) is 5.88 Å². The zero-order valence-electron chi connectivity index (χ0n) is 13.0. The molecule has 23 heavy (non-hydrogen) atoms. The van der Waals surface area contributed by atoms with Crippen LogP contribution in [0.3, 0.4) is 0 Å². The van der Waals surface area contributed by atoms with Gasteiger partial charge < -0.3 is 9.64 Å². The van der Waals surface area contributed by atoms with Gasteiger partial charge in [-0.05, 0) is 18.0 Å². The largest absolute Gasteiger partial charge is 0.474 e. The summed E-state index contributed by atoms with van der Waals surface area (Å²) in [6.45, 7) is 3.43. The highest BCUT2D eigenvalue weighted by Crippen LogP contribution is 2.21. The number of carbonyl (C=O) groups is 1. The van der Waals surface area contributed by atoms with E-state index in [9.17, 15) is 4.79 Å². The summed E-state index contributed by atoms with van der Waals surface area (Å²) in [4.78, 5) is 23.1. The van der Waals surface area contributed by atoms with Crippen LogP contribution in [0.25, 0.3) is 0 Å². The van der Waals surface area contributed by atoms with Crippen LogP contribution in [0.1, 0.15) is 41.6 Å². The Hall–Kier alpha value is -2.09. The number of amides is 1. The van der Waals surface area contributed by atoms with Gasteiger partial charge in [0.15, 0.2) is 0 Å². The Labute approximate surface area is 138 Å². The lowest BCUT2D eigenvalue weighted by Gasteiger charge is -2.31. The average Bonchev–Trinajstić information content (AvgIpc) is 3.04. The van der Waals surface area contributed by atoms with E-state index in [0.717, 1.165) is 31.4 Å². The third-order valence-corrected chi connectivity index (χ3v) is 4.56. The maximum Gasteiger partial charge on any atom is 0.267 e. The van der Waals surface area contributed by atoms with E-state index in [1.54, 1.807) is 12.3 Å². The van der Waals surface area contributed by atoms with Crippen LogP contribution in [-0.4, -0.2) is 49.6 Å². The first-order valence-electron chi connectivity index (χ1n) is 7.81. The molecule has 0 aliphatic carbocycles. The van der Waals surface area contributed by atoms with E-state index in [-0.39, 0.29) is 12.0 Å². The second-order valence-corrected chi connectivity index (χ2v) is 6.21. The van der Waals surface area contributed by atoms with Gasteiger partial charge in [0.2, 0.25) is 5.88 Å². The molecule has 0 saturated carbocycles. The zero-order valence-corrected chi connectivity index (χ0v) is 13.8. The molecule has 122 valence electrons. The standard InChI is InChI=1S/C15H19N5O2S/c1-2-3-12-14(23-19-18-12)15(21)20-8-5-11(6-9-20)22-13-4-7-16-10-17-13/h4,7,10-11H,2-3,5-6,8-9H2,1H3. The summed E-state index contributed by atoms with van der Waals surface area (Å²) in [7, 11) is 0. The van der Waals surface area contributed by atoms with Crippen molar-refractivity contribution in [1.29, 1.82) is 0 Å². The highest BCUT2D eigenvalue weighted by Gasteiger charge is 2.27. The SMILES string of the molecule is CCCc1nnsc1C(=O)N1CCC(Oc2ccncn2)CC1. The van der Waals surface area contributed by atoms with Gasteiger partial charge in [0.25, 0.3) is 5.91 Å². The molecule has 8 heteroatoms. The fourth-order valence-corrected chi connectivity index (χ4v) is 3.29. The molecule has 1 fully saturated rings. The minimum absolute atomic E-state index is 0.0453. The zero-order chi connectivity index (χ0) is 16.1. The van der Waals surface area contributed by atoms with Crippen molar-refractivity contribution in [1.82, 2.24) is 24.5 Å². The molecule has 2 aromatic heterocycles. The van der Waals surface area contributed by atoms with E-state index in [0.29, 0.717) is 23.8 Å². The highest BCUT2D eigenvalue weighted by atomic mass is 32.1. The average molecular weight is 333 g/mol. The molecule has 7 nitrogen and oxygen atoms in total. The normalized spacial score (nSPS) is 15.6. The van der Waals surface area contributed by atoms with Gasteiger partial charge in [0.1, 0.15) is 17.3 Å². The first-order valence-corrected chi connectivity index (χ1v) is 8.58. The number of likely N-dealkylation sites (tertiary alicyclic amines) is 1. The molecule has 1 aliphatic rings. The number of nitrogens with zero attached hydrogens (tertiary/aromatic N) is 5. The van der Waals surface area contributed by atoms with Gasteiger partial charge in [-0.25, -0.2) is 9.97 Å². The van der Waals surface area contributed by atoms with E-state index in [2.05, 4.69) is 26.5 Å². The van der Waals surface area contributed by atoms with Crippen LogP contribution < -0.4 is 4.74 Å². The first kappa shape index (κ1) is 15.8. The monoisotopic (exact) mass is 333 g/mol. The van der Waals surface area contributed by atoms with E-state index in [4.69, 9.17) is 4.74 Å². The van der Waals surface area contributed by atoms with Crippen molar-refractivity contribution < 1.29 is 9.53 Å². The lowest BCUT2D eigenvalue weighted by molar-refractivity contribution is 0.0591. The van der Waals surface area contributed by atoms with Gasteiger partial charge >= 0.3 is 0 Å². The van der Waals surface area contributed by atoms with E-state index >= 15 is 0 Å². The van der Waals surface area contributed by atoms with E-state index < -0.39 is 0 Å². The molecule has 0 aromatic carbocycles. The Bertz CT molecular complexity index is 640. The molecule has 0 N–H and O–H groups in total. The second-order valence-electron chi connectivity index (χ2n) is 5.46. The summed E-state index contributed by atoms with van der Waals surface area (Å²) in [6, 6.07) is 1.75. The Kier molecular flexibility index (Phi) is 5.12. The van der Waals surface area contributed by atoms with Crippen LogP contribution in [0, 0.1) is 0 Å². The van der Waals surface area contributed by atoms with Crippen molar-refractivity contribution in [3.63, 3.8) is 0 Å². The number of hydrogen-bond acceptors (Lipinski definition) is 7. The third-order valence-electron chi connectivity index (χ3n) is 3.81. The summed E-state index contributed by atoms with van der Waals surface area (Å²) in [5, 5.41) is 4.07. The van der Waals surface area contributed by atoms with Crippen LogP contribution in [0.5, 0.6) is 5.88 Å². The molecule has 3 heterocycles. The summed E-state index contributed by atoms with van der Waals surface area (Å²) in [5.41, 5.74) is 0.821. The molecule has 0 atom stereocenters. The quantitative estimate of drug-likeness (QED) is 0.832. The Morgan fingerprint density at radius 1 is 1.43 bits per heavy atom. The Morgan fingerprint density at radius 3 is 2.96 bits per heavy atom. The molecule has 0 spiro atoms. The smallest absolute Gasteiger partial charge is 0.267 e. The van der Waals surface area contributed by atoms with Crippen molar-refractivity contribution in [2.75, 3.05) is 13.1 Å². The minimum atomic E-state index is 0.0453. The van der Waals surface area contributed by atoms with Gasteiger partial charge in [-0.1, -0.05) is 17.8 Å². The summed E-state index contributed by atoms with van der Waals surface area (Å²) in [6.07, 6.45) is 6.57. The lowest BCUT2D eigenvalue weighted by atomic mass is 10.1. The molecule has 0 radical (unpaired) electrons. The minimum Gasteiger partial charge on any atom is -0.474 e. The highest BCUT2D eigenvalue weighted by molar-refractivity contribution is 7.08. The van der Waals surface area contributed by atoms with Gasteiger partial charge in [0.05, 0.1) is 5.69 Å². The fourth-order valence-electron chi connectivity index (χ4n) is 2.61. The van der Waals surface area contributed by atoms with Crippen molar-refractivity contribution in [3.05, 3.63) is 29.2 Å². The van der Waals surface area contributed by atoms with Crippen LogP contribution >= 0.6 is 11.5 Å². The number of piperidine rings is 1. The maximum absolute atomic E-state index is 12.6. The fraction of sp³-hybridized carbons (Fsp3) is 0.533. The second kappa shape index (κ2) is 7.45. The van der Waals surface area contributed by atoms with Crippen LogP contribution in [-0.2, 0) is 6.42 Å². The molecule has 2 aromatic rings. The molecular weight excluding hydrogens is 314 g/mol. The molecule has 0 unspecified atom stereocenters. The van der Waals surface area contributed by atoms with Gasteiger partial charge in [0, 0.05) is 38.2 Å². The van der Waals surface area contributed by atoms with Gasteiger partial charge in [-0.3, -0.25) is 4.79 Å². The molecule has 3 rings (SSSR count). The van der Waals surface area contributed by atoms with Crippen LogP contribution in [0.2, 0.25) is 0 Å². The van der Waals surface area contributed by atoms with Crippen LogP contribution in [0.15, 0.2) is 18.6 Å². The third kappa shape index (κ3) is 3.82. The maximum atomic E-state index is 12.6. The Balaban J connectivity index is 1.56. The number of ether oxygens (including phenoxy) is 1. The van der Waals surface area contributed by atoms with Crippen molar-refractivity contribution in [2.24, 2.45) is 0 Å². The number of rotatable bonds is 5. The van der Waals surface area contributed by atoms with E-state index in [1.807, 2.05) is 4.90 Å². The summed E-state index contributed by atoms with van der Waals surface area (Å²) in [5.74, 6) is 0.630. The van der Waals surface area contributed by atoms with Crippen molar-refractivity contribution >= 4 is 17.4 Å².